The fourth-order valence-electron chi connectivity index (χ4n) is 1.35. The SMILES string of the molecule is CCS(=O)(=O)c1ncc(C(=O)NCC/C=C\C(C)C)s1. The first kappa shape index (κ1) is 16.8. The average Bonchev–Trinajstić information content (AvgIpc) is 2.88. The Morgan fingerprint density at radius 1 is 1.50 bits per heavy atom. The molecule has 112 valence electrons. The average molecular weight is 316 g/mol. The summed E-state index contributed by atoms with van der Waals surface area (Å²) in [5.74, 6) is 0.202. The number of nitrogens with zero attached hydrogens (tertiary/aromatic N) is 1. The molecule has 0 saturated carbocycles. The highest BCUT2D eigenvalue weighted by molar-refractivity contribution is 7.93. The van der Waals surface area contributed by atoms with E-state index in [1.54, 1.807) is 6.92 Å². The van der Waals surface area contributed by atoms with Gasteiger partial charge in [0, 0.05) is 6.54 Å². The fourth-order valence-corrected chi connectivity index (χ4v) is 3.51. The van der Waals surface area contributed by atoms with Crippen LogP contribution in [0.4, 0.5) is 0 Å². The Morgan fingerprint density at radius 2 is 2.20 bits per heavy atom. The minimum atomic E-state index is -3.33. The first-order valence-electron chi connectivity index (χ1n) is 6.50. The van der Waals surface area contributed by atoms with Gasteiger partial charge in [0.1, 0.15) is 4.88 Å². The van der Waals surface area contributed by atoms with Crippen molar-refractivity contribution in [2.24, 2.45) is 5.92 Å². The number of hydrogen-bond donors (Lipinski definition) is 1. The van der Waals surface area contributed by atoms with E-state index in [9.17, 15) is 13.2 Å². The van der Waals surface area contributed by atoms with Gasteiger partial charge >= 0.3 is 0 Å². The van der Waals surface area contributed by atoms with Gasteiger partial charge in [0.2, 0.25) is 14.2 Å². The van der Waals surface area contributed by atoms with Crippen LogP contribution in [0.3, 0.4) is 0 Å². The van der Waals surface area contributed by atoms with Crippen LogP contribution in [-0.2, 0) is 9.84 Å². The number of amides is 1. The summed E-state index contributed by atoms with van der Waals surface area (Å²) in [4.78, 5) is 15.9. The maximum Gasteiger partial charge on any atom is 0.263 e. The van der Waals surface area contributed by atoms with E-state index in [0.29, 0.717) is 17.3 Å². The first-order valence-corrected chi connectivity index (χ1v) is 8.97. The van der Waals surface area contributed by atoms with Gasteiger partial charge in [-0.1, -0.05) is 44.3 Å². The van der Waals surface area contributed by atoms with Gasteiger partial charge in [0.05, 0.1) is 11.9 Å². The van der Waals surface area contributed by atoms with E-state index in [1.165, 1.54) is 6.20 Å². The Balaban J connectivity index is 2.53. The van der Waals surface area contributed by atoms with Crippen LogP contribution in [0.5, 0.6) is 0 Å². The number of carbonyl (C=O) groups excluding carboxylic acids is 1. The van der Waals surface area contributed by atoms with Crippen LogP contribution in [0.1, 0.15) is 36.9 Å². The first-order chi connectivity index (χ1) is 9.36. The lowest BCUT2D eigenvalue weighted by atomic mass is 10.2. The van der Waals surface area contributed by atoms with E-state index in [1.807, 2.05) is 6.08 Å². The lowest BCUT2D eigenvalue weighted by molar-refractivity contribution is 0.0958. The van der Waals surface area contributed by atoms with Gasteiger partial charge in [-0.15, -0.1) is 0 Å². The lowest BCUT2D eigenvalue weighted by Gasteiger charge is -2.00. The molecule has 0 aliphatic heterocycles. The maximum absolute atomic E-state index is 11.8. The number of nitrogens with one attached hydrogen (secondary N) is 1. The predicted octanol–water partition coefficient (Wildman–Crippen LogP) is 2.27. The normalized spacial score (nSPS) is 12.2. The summed E-state index contributed by atoms with van der Waals surface area (Å²) < 4.78 is 23.2. The molecule has 20 heavy (non-hydrogen) atoms. The Hall–Kier alpha value is -1.21. The molecule has 0 aliphatic rings. The van der Waals surface area contributed by atoms with E-state index < -0.39 is 9.84 Å². The van der Waals surface area contributed by atoms with Crippen molar-refractivity contribution in [1.29, 1.82) is 0 Å². The number of hydrogen-bond acceptors (Lipinski definition) is 5. The van der Waals surface area contributed by atoms with Crippen molar-refractivity contribution in [3.63, 3.8) is 0 Å². The number of aromatic nitrogens is 1. The van der Waals surface area contributed by atoms with Gasteiger partial charge in [-0.3, -0.25) is 4.79 Å². The molecular formula is C13H20N2O3S2. The summed E-state index contributed by atoms with van der Waals surface area (Å²) in [6, 6.07) is 0. The highest BCUT2D eigenvalue weighted by Crippen LogP contribution is 2.19. The Kier molecular flexibility index (Phi) is 6.35. The molecule has 1 N–H and O–H groups in total. The standard InChI is InChI=1S/C13H20N2O3S2/c1-4-20(17,18)13-15-9-11(19-13)12(16)14-8-6-5-7-10(2)3/h5,7,9-10H,4,6,8H2,1-3H3,(H,14,16)/b7-5-. The van der Waals surface area contributed by atoms with E-state index in [2.05, 4.69) is 30.2 Å². The Bertz CT molecular complexity index is 574. The molecule has 0 bridgehead atoms. The third-order valence-corrected chi connectivity index (χ3v) is 5.67. The minimum Gasteiger partial charge on any atom is -0.351 e. The summed E-state index contributed by atoms with van der Waals surface area (Å²) in [5, 5.41) is 2.74. The quantitative estimate of drug-likeness (QED) is 0.618. The van der Waals surface area contributed by atoms with Gasteiger partial charge in [0.15, 0.2) is 0 Å². The molecule has 0 spiro atoms. The monoisotopic (exact) mass is 316 g/mol. The van der Waals surface area contributed by atoms with Crippen molar-refractivity contribution in [2.45, 2.75) is 31.5 Å². The van der Waals surface area contributed by atoms with Crippen molar-refractivity contribution in [3.05, 3.63) is 23.2 Å². The second-order valence-corrected chi connectivity index (χ2v) is 8.09. The van der Waals surface area contributed by atoms with Crippen LogP contribution in [0, 0.1) is 5.92 Å². The summed E-state index contributed by atoms with van der Waals surface area (Å²) in [5.41, 5.74) is 0. The number of allylic oxidation sites excluding steroid dienone is 1. The van der Waals surface area contributed by atoms with Gasteiger partial charge in [0.25, 0.3) is 5.91 Å². The second kappa shape index (κ2) is 7.54. The maximum atomic E-state index is 11.8. The Labute approximate surface area is 124 Å². The van der Waals surface area contributed by atoms with E-state index in [-0.39, 0.29) is 16.0 Å². The zero-order valence-electron chi connectivity index (χ0n) is 11.9. The molecule has 1 rings (SSSR count). The molecule has 0 saturated heterocycles. The molecule has 1 heterocycles. The number of thiazole rings is 1. The van der Waals surface area contributed by atoms with Crippen molar-refractivity contribution >= 4 is 27.1 Å². The molecule has 0 unspecified atom stereocenters. The smallest absolute Gasteiger partial charge is 0.263 e. The van der Waals surface area contributed by atoms with Crippen LogP contribution >= 0.6 is 11.3 Å². The molecule has 0 aliphatic carbocycles. The molecule has 0 aromatic carbocycles. The molecule has 1 aromatic heterocycles. The van der Waals surface area contributed by atoms with Crippen LogP contribution < -0.4 is 5.32 Å². The van der Waals surface area contributed by atoms with E-state index in [0.717, 1.165) is 17.8 Å². The number of rotatable bonds is 7. The van der Waals surface area contributed by atoms with Gasteiger partial charge in [-0.25, -0.2) is 13.4 Å². The molecule has 1 amide bonds. The summed E-state index contributed by atoms with van der Waals surface area (Å²) in [6.45, 7) is 6.25. The van der Waals surface area contributed by atoms with Gasteiger partial charge in [-0.2, -0.15) is 0 Å². The van der Waals surface area contributed by atoms with E-state index >= 15 is 0 Å². The van der Waals surface area contributed by atoms with Crippen LogP contribution in [0.15, 0.2) is 22.7 Å². The topological polar surface area (TPSA) is 76.1 Å². The molecule has 5 nitrogen and oxygen atoms in total. The zero-order chi connectivity index (χ0) is 15.2. The number of carbonyl (C=O) groups is 1. The van der Waals surface area contributed by atoms with Crippen molar-refractivity contribution < 1.29 is 13.2 Å². The fraction of sp³-hybridized carbons (Fsp3) is 0.538. The predicted molar refractivity (Wildman–Crippen MR) is 80.8 cm³/mol. The Morgan fingerprint density at radius 3 is 2.80 bits per heavy atom. The van der Waals surface area contributed by atoms with Crippen molar-refractivity contribution in [1.82, 2.24) is 10.3 Å². The summed E-state index contributed by atoms with van der Waals surface area (Å²) in [7, 11) is -3.33. The lowest BCUT2D eigenvalue weighted by Crippen LogP contribution is -2.23. The number of sulfone groups is 1. The van der Waals surface area contributed by atoms with Crippen LogP contribution in [0.25, 0.3) is 0 Å². The highest BCUT2D eigenvalue weighted by Gasteiger charge is 2.18. The highest BCUT2D eigenvalue weighted by atomic mass is 32.2. The molecular weight excluding hydrogens is 296 g/mol. The summed E-state index contributed by atoms with van der Waals surface area (Å²) in [6.07, 6.45) is 6.16. The molecule has 0 fully saturated rings. The second-order valence-electron chi connectivity index (χ2n) is 4.61. The molecule has 1 aromatic rings. The van der Waals surface area contributed by atoms with Gasteiger partial charge in [-0.05, 0) is 12.3 Å². The van der Waals surface area contributed by atoms with Crippen molar-refractivity contribution in [2.75, 3.05) is 12.3 Å². The molecule has 0 atom stereocenters. The summed E-state index contributed by atoms with van der Waals surface area (Å²) >= 11 is 0.912. The van der Waals surface area contributed by atoms with Crippen LogP contribution in [0.2, 0.25) is 0 Å². The third kappa shape index (κ3) is 5.05. The largest absolute Gasteiger partial charge is 0.351 e. The van der Waals surface area contributed by atoms with Crippen molar-refractivity contribution in [3.8, 4) is 0 Å². The zero-order valence-corrected chi connectivity index (χ0v) is 13.6. The molecule has 0 radical (unpaired) electrons. The third-order valence-electron chi connectivity index (χ3n) is 2.47. The van der Waals surface area contributed by atoms with Gasteiger partial charge < -0.3 is 5.32 Å². The molecule has 7 heteroatoms. The van der Waals surface area contributed by atoms with E-state index in [4.69, 9.17) is 0 Å². The van der Waals surface area contributed by atoms with Crippen LogP contribution in [-0.4, -0.2) is 31.6 Å². The minimum absolute atomic E-state index is 0.00449.